The third-order valence-corrected chi connectivity index (χ3v) is 2.40. The predicted octanol–water partition coefficient (Wildman–Crippen LogP) is 2.39. The number of methoxy groups -OCH3 is 1. The molecule has 0 bridgehead atoms. The molecule has 0 aromatic heterocycles. The SMILES string of the molecule is C=C[C@H](C)c1c(O)cc(C(=O)O)cc1OC. The Balaban J connectivity index is 3.39. The molecule has 4 nitrogen and oxygen atoms in total. The molecule has 1 aromatic carbocycles. The molecule has 0 spiro atoms. The van der Waals surface area contributed by atoms with Crippen LogP contribution in [0.3, 0.4) is 0 Å². The molecule has 86 valence electrons. The van der Waals surface area contributed by atoms with Gasteiger partial charge in [-0.25, -0.2) is 4.79 Å². The topological polar surface area (TPSA) is 66.8 Å². The van der Waals surface area contributed by atoms with E-state index in [4.69, 9.17) is 9.84 Å². The Hall–Kier alpha value is -1.97. The van der Waals surface area contributed by atoms with E-state index in [0.29, 0.717) is 11.3 Å². The van der Waals surface area contributed by atoms with Crippen molar-refractivity contribution in [1.82, 2.24) is 0 Å². The first-order valence-electron chi connectivity index (χ1n) is 4.78. The Morgan fingerprint density at radius 1 is 1.56 bits per heavy atom. The van der Waals surface area contributed by atoms with Crippen LogP contribution in [-0.4, -0.2) is 23.3 Å². The molecule has 1 rings (SSSR count). The van der Waals surface area contributed by atoms with Gasteiger partial charge < -0.3 is 14.9 Å². The summed E-state index contributed by atoms with van der Waals surface area (Å²) in [7, 11) is 1.43. The Kier molecular flexibility index (Phi) is 3.55. The van der Waals surface area contributed by atoms with E-state index in [2.05, 4.69) is 6.58 Å². The highest BCUT2D eigenvalue weighted by molar-refractivity contribution is 5.89. The lowest BCUT2D eigenvalue weighted by Crippen LogP contribution is -2.01. The van der Waals surface area contributed by atoms with E-state index in [1.54, 1.807) is 6.08 Å². The molecule has 0 unspecified atom stereocenters. The Morgan fingerprint density at radius 3 is 2.62 bits per heavy atom. The Bertz CT molecular complexity index is 423. The van der Waals surface area contributed by atoms with Crippen molar-refractivity contribution in [2.45, 2.75) is 12.8 Å². The molecule has 0 aliphatic carbocycles. The maximum Gasteiger partial charge on any atom is 0.335 e. The number of aromatic hydroxyl groups is 1. The highest BCUT2D eigenvalue weighted by Gasteiger charge is 2.17. The maximum absolute atomic E-state index is 10.8. The smallest absolute Gasteiger partial charge is 0.335 e. The molecule has 2 N–H and O–H groups in total. The second-order valence-corrected chi connectivity index (χ2v) is 3.44. The van der Waals surface area contributed by atoms with Gasteiger partial charge in [-0.2, -0.15) is 0 Å². The average Bonchev–Trinajstić information content (AvgIpc) is 2.26. The van der Waals surface area contributed by atoms with E-state index in [-0.39, 0.29) is 17.2 Å². The fraction of sp³-hybridized carbons (Fsp3) is 0.250. The van der Waals surface area contributed by atoms with Crippen molar-refractivity contribution in [2.24, 2.45) is 0 Å². The highest BCUT2D eigenvalue weighted by atomic mass is 16.5. The van der Waals surface area contributed by atoms with E-state index >= 15 is 0 Å². The van der Waals surface area contributed by atoms with Gasteiger partial charge >= 0.3 is 5.97 Å². The van der Waals surface area contributed by atoms with Crippen LogP contribution < -0.4 is 4.74 Å². The molecule has 0 heterocycles. The molecule has 0 amide bonds. The van der Waals surface area contributed by atoms with Gasteiger partial charge in [-0.05, 0) is 12.1 Å². The van der Waals surface area contributed by atoms with Crippen LogP contribution in [0.1, 0.15) is 28.8 Å². The highest BCUT2D eigenvalue weighted by Crippen LogP contribution is 2.36. The van der Waals surface area contributed by atoms with Crippen LogP contribution in [0.4, 0.5) is 0 Å². The summed E-state index contributed by atoms with van der Waals surface area (Å²) in [4.78, 5) is 10.8. The molecule has 1 atom stereocenters. The van der Waals surface area contributed by atoms with Gasteiger partial charge in [0.1, 0.15) is 11.5 Å². The van der Waals surface area contributed by atoms with E-state index in [0.717, 1.165) is 0 Å². The summed E-state index contributed by atoms with van der Waals surface area (Å²) in [5, 5.41) is 18.6. The molecule has 0 radical (unpaired) electrons. The van der Waals surface area contributed by atoms with Gasteiger partial charge in [0.25, 0.3) is 0 Å². The van der Waals surface area contributed by atoms with Crippen LogP contribution >= 0.6 is 0 Å². The molecule has 16 heavy (non-hydrogen) atoms. The number of ether oxygens (including phenoxy) is 1. The number of carboxylic acid groups (broad SMARTS) is 1. The zero-order valence-electron chi connectivity index (χ0n) is 9.23. The minimum absolute atomic E-state index is 0.00522. The van der Waals surface area contributed by atoms with Crippen molar-refractivity contribution in [2.75, 3.05) is 7.11 Å². The molecule has 1 aromatic rings. The largest absolute Gasteiger partial charge is 0.507 e. The number of rotatable bonds is 4. The minimum atomic E-state index is -1.11. The van der Waals surface area contributed by atoms with Gasteiger partial charge in [0.2, 0.25) is 0 Å². The molecular weight excluding hydrogens is 208 g/mol. The van der Waals surface area contributed by atoms with Gasteiger partial charge in [0.15, 0.2) is 0 Å². The van der Waals surface area contributed by atoms with Crippen molar-refractivity contribution < 1.29 is 19.7 Å². The van der Waals surface area contributed by atoms with E-state index in [1.165, 1.54) is 19.2 Å². The number of phenols is 1. The van der Waals surface area contributed by atoms with Crippen molar-refractivity contribution >= 4 is 5.97 Å². The second-order valence-electron chi connectivity index (χ2n) is 3.44. The van der Waals surface area contributed by atoms with Crippen LogP contribution in [0.2, 0.25) is 0 Å². The fourth-order valence-electron chi connectivity index (χ4n) is 1.48. The van der Waals surface area contributed by atoms with E-state index in [9.17, 15) is 9.90 Å². The number of hydrogen-bond donors (Lipinski definition) is 2. The monoisotopic (exact) mass is 222 g/mol. The number of carboxylic acids is 1. The molecule has 0 saturated carbocycles. The molecule has 0 aliphatic rings. The molecule has 0 fully saturated rings. The first kappa shape index (κ1) is 12.1. The summed E-state index contributed by atoms with van der Waals surface area (Å²) in [5.74, 6) is -0.960. The molecule has 0 aliphatic heterocycles. The Morgan fingerprint density at radius 2 is 2.19 bits per heavy atom. The lowest BCUT2D eigenvalue weighted by molar-refractivity contribution is 0.0696. The predicted molar refractivity (Wildman–Crippen MR) is 60.2 cm³/mol. The van der Waals surface area contributed by atoms with Crippen molar-refractivity contribution in [3.8, 4) is 11.5 Å². The minimum Gasteiger partial charge on any atom is -0.507 e. The van der Waals surface area contributed by atoms with Crippen LogP contribution in [0.25, 0.3) is 0 Å². The lowest BCUT2D eigenvalue weighted by atomic mass is 9.97. The van der Waals surface area contributed by atoms with Crippen molar-refractivity contribution in [3.63, 3.8) is 0 Å². The number of allylic oxidation sites excluding steroid dienone is 1. The first-order chi connectivity index (χ1) is 7.51. The summed E-state index contributed by atoms with van der Waals surface area (Å²) in [6.45, 7) is 5.47. The summed E-state index contributed by atoms with van der Waals surface area (Å²) >= 11 is 0. The quantitative estimate of drug-likeness (QED) is 0.767. The number of carbonyl (C=O) groups is 1. The van der Waals surface area contributed by atoms with Gasteiger partial charge in [0, 0.05) is 11.5 Å². The Labute approximate surface area is 93.8 Å². The summed E-state index contributed by atoms with van der Waals surface area (Å²) in [6.07, 6.45) is 1.65. The van der Waals surface area contributed by atoms with E-state index in [1.807, 2.05) is 6.92 Å². The summed E-state index contributed by atoms with van der Waals surface area (Å²) in [5.41, 5.74) is 0.539. The van der Waals surface area contributed by atoms with Crippen LogP contribution in [0.15, 0.2) is 24.8 Å². The van der Waals surface area contributed by atoms with Gasteiger partial charge in [-0.1, -0.05) is 13.0 Å². The standard InChI is InChI=1S/C12H14O4/c1-4-7(2)11-9(13)5-8(12(14)15)6-10(11)16-3/h4-7,13H,1H2,2-3H3,(H,14,15)/t7-/m0/s1. The third-order valence-electron chi connectivity index (χ3n) is 2.40. The zero-order valence-corrected chi connectivity index (χ0v) is 9.23. The maximum atomic E-state index is 10.8. The van der Waals surface area contributed by atoms with Gasteiger partial charge in [0.05, 0.1) is 12.7 Å². The number of benzene rings is 1. The number of aromatic carboxylic acids is 1. The molecule has 4 heteroatoms. The van der Waals surface area contributed by atoms with Crippen molar-refractivity contribution in [3.05, 3.63) is 35.9 Å². The van der Waals surface area contributed by atoms with Crippen LogP contribution in [-0.2, 0) is 0 Å². The van der Waals surface area contributed by atoms with Gasteiger partial charge in [-0.3, -0.25) is 0 Å². The fourth-order valence-corrected chi connectivity index (χ4v) is 1.48. The number of hydrogen-bond acceptors (Lipinski definition) is 3. The second kappa shape index (κ2) is 4.70. The first-order valence-corrected chi connectivity index (χ1v) is 4.78. The van der Waals surface area contributed by atoms with E-state index < -0.39 is 5.97 Å². The lowest BCUT2D eigenvalue weighted by Gasteiger charge is -2.14. The summed E-state index contributed by atoms with van der Waals surface area (Å²) < 4.78 is 5.07. The van der Waals surface area contributed by atoms with Crippen LogP contribution in [0, 0.1) is 0 Å². The molecule has 0 saturated heterocycles. The van der Waals surface area contributed by atoms with Crippen molar-refractivity contribution in [1.29, 1.82) is 0 Å². The molecular formula is C12H14O4. The summed E-state index contributed by atoms with van der Waals surface area (Å²) in [6, 6.07) is 2.59. The normalized spacial score (nSPS) is 11.9. The average molecular weight is 222 g/mol. The zero-order chi connectivity index (χ0) is 12.3. The van der Waals surface area contributed by atoms with Crippen LogP contribution in [0.5, 0.6) is 11.5 Å². The van der Waals surface area contributed by atoms with Gasteiger partial charge in [-0.15, -0.1) is 6.58 Å². The number of phenolic OH excluding ortho intramolecular Hbond substituents is 1. The third kappa shape index (κ3) is 2.16.